The first kappa shape index (κ1) is 16.4. The number of hydrogen-bond acceptors (Lipinski definition) is 5. The van der Waals surface area contributed by atoms with Gasteiger partial charge in [-0.05, 0) is 35.1 Å². The number of amides is 1. The third-order valence-electron chi connectivity index (χ3n) is 3.42. The molecule has 2 rings (SSSR count). The Bertz CT molecular complexity index is 447. The number of pyridine rings is 1. The molecule has 0 bridgehead atoms. The van der Waals surface area contributed by atoms with Crippen molar-refractivity contribution < 1.29 is 4.79 Å². The molecule has 2 N–H and O–H groups in total. The number of nitrogens with zero attached hydrogens (tertiary/aromatic N) is 3. The first-order valence-corrected chi connectivity index (χ1v) is 7.96. The summed E-state index contributed by atoms with van der Waals surface area (Å²) in [7, 11) is 1.97. The number of anilines is 1. The van der Waals surface area contributed by atoms with Crippen LogP contribution in [0.4, 0.5) is 5.82 Å². The van der Waals surface area contributed by atoms with E-state index in [4.69, 9.17) is 0 Å². The minimum atomic E-state index is -0.0346. The first-order chi connectivity index (χ1) is 10.1. The topological polar surface area (TPSA) is 60.5 Å². The molecule has 6 nitrogen and oxygen atoms in total. The Morgan fingerprint density at radius 3 is 2.90 bits per heavy atom. The zero-order valence-corrected chi connectivity index (χ0v) is 13.9. The number of hydrogen-bond donors (Lipinski definition) is 2. The van der Waals surface area contributed by atoms with Crippen LogP contribution in [-0.2, 0) is 4.79 Å². The van der Waals surface area contributed by atoms with Gasteiger partial charge < -0.3 is 10.6 Å². The summed E-state index contributed by atoms with van der Waals surface area (Å²) in [5.41, 5.74) is 0. The van der Waals surface area contributed by atoms with Crippen molar-refractivity contribution in [3.05, 3.63) is 22.8 Å². The van der Waals surface area contributed by atoms with Crippen LogP contribution in [0.25, 0.3) is 0 Å². The summed E-state index contributed by atoms with van der Waals surface area (Å²) >= 11 is 3.32. The second kappa shape index (κ2) is 8.43. The standard InChI is InChI=1S/C14H22BrN5O/c1-19(8-9-20-6-4-16-5-7-20)11-14(21)18-13-3-2-12(15)10-17-13/h2-3,10,16H,4-9,11H2,1H3,(H,17,18,21). The Labute approximate surface area is 134 Å². The highest BCUT2D eigenvalue weighted by molar-refractivity contribution is 9.10. The van der Waals surface area contributed by atoms with Gasteiger partial charge in [0, 0.05) is 49.9 Å². The summed E-state index contributed by atoms with van der Waals surface area (Å²) in [6.07, 6.45) is 1.67. The van der Waals surface area contributed by atoms with Gasteiger partial charge in [0.25, 0.3) is 0 Å². The average Bonchev–Trinajstić information content (AvgIpc) is 2.48. The van der Waals surface area contributed by atoms with E-state index in [1.54, 1.807) is 12.3 Å². The summed E-state index contributed by atoms with van der Waals surface area (Å²) < 4.78 is 0.897. The quantitative estimate of drug-likeness (QED) is 0.783. The molecule has 0 spiro atoms. The first-order valence-electron chi connectivity index (χ1n) is 7.16. The minimum absolute atomic E-state index is 0.0346. The van der Waals surface area contributed by atoms with Gasteiger partial charge in [0.2, 0.25) is 5.91 Å². The van der Waals surface area contributed by atoms with Crippen molar-refractivity contribution in [3.63, 3.8) is 0 Å². The molecule has 1 aromatic heterocycles. The molecular formula is C14H22BrN5O. The Kier molecular flexibility index (Phi) is 6.56. The number of piperazine rings is 1. The predicted molar refractivity (Wildman–Crippen MR) is 87.4 cm³/mol. The van der Waals surface area contributed by atoms with Crippen molar-refractivity contribution in [2.24, 2.45) is 0 Å². The molecule has 2 heterocycles. The van der Waals surface area contributed by atoms with E-state index in [0.29, 0.717) is 12.4 Å². The fourth-order valence-corrected chi connectivity index (χ4v) is 2.44. The Morgan fingerprint density at radius 1 is 1.48 bits per heavy atom. The maximum atomic E-state index is 11.9. The Balaban J connectivity index is 1.67. The number of carbonyl (C=O) groups excluding carboxylic acids is 1. The van der Waals surface area contributed by atoms with Crippen molar-refractivity contribution in [2.75, 3.05) is 58.2 Å². The third-order valence-corrected chi connectivity index (χ3v) is 3.89. The summed E-state index contributed by atoms with van der Waals surface area (Å²) in [6.45, 7) is 6.55. The molecule has 1 aromatic rings. The molecule has 0 aromatic carbocycles. The second-order valence-corrected chi connectivity index (χ2v) is 6.15. The summed E-state index contributed by atoms with van der Waals surface area (Å²) in [5, 5.41) is 6.14. The van der Waals surface area contributed by atoms with Gasteiger partial charge in [0.15, 0.2) is 0 Å². The molecule has 0 saturated carbocycles. The lowest BCUT2D eigenvalue weighted by Crippen LogP contribution is -2.46. The van der Waals surface area contributed by atoms with Crippen LogP contribution >= 0.6 is 15.9 Å². The lowest BCUT2D eigenvalue weighted by atomic mass is 10.3. The van der Waals surface area contributed by atoms with Gasteiger partial charge in [0.1, 0.15) is 5.82 Å². The van der Waals surface area contributed by atoms with Crippen LogP contribution in [0.2, 0.25) is 0 Å². The van der Waals surface area contributed by atoms with Gasteiger partial charge in [-0.3, -0.25) is 14.6 Å². The molecule has 116 valence electrons. The van der Waals surface area contributed by atoms with Crippen molar-refractivity contribution in [1.82, 2.24) is 20.1 Å². The van der Waals surface area contributed by atoms with E-state index in [-0.39, 0.29) is 5.91 Å². The summed E-state index contributed by atoms with van der Waals surface area (Å²) in [6, 6.07) is 3.64. The van der Waals surface area contributed by atoms with Crippen LogP contribution in [0.15, 0.2) is 22.8 Å². The van der Waals surface area contributed by atoms with E-state index >= 15 is 0 Å². The van der Waals surface area contributed by atoms with E-state index in [2.05, 4.69) is 36.4 Å². The maximum Gasteiger partial charge on any atom is 0.239 e. The molecule has 1 aliphatic rings. The average molecular weight is 356 g/mol. The molecule has 1 saturated heterocycles. The smallest absolute Gasteiger partial charge is 0.239 e. The molecule has 21 heavy (non-hydrogen) atoms. The van der Waals surface area contributed by atoms with Gasteiger partial charge in [-0.1, -0.05) is 0 Å². The van der Waals surface area contributed by atoms with E-state index in [1.807, 2.05) is 18.0 Å². The van der Waals surface area contributed by atoms with Crippen LogP contribution < -0.4 is 10.6 Å². The Hall–Kier alpha value is -1.02. The minimum Gasteiger partial charge on any atom is -0.314 e. The second-order valence-electron chi connectivity index (χ2n) is 5.24. The molecular weight excluding hydrogens is 334 g/mol. The van der Waals surface area contributed by atoms with Gasteiger partial charge in [0.05, 0.1) is 6.54 Å². The zero-order valence-electron chi connectivity index (χ0n) is 12.3. The van der Waals surface area contributed by atoms with Crippen LogP contribution in [0, 0.1) is 0 Å². The number of nitrogens with one attached hydrogen (secondary N) is 2. The lowest BCUT2D eigenvalue weighted by molar-refractivity contribution is -0.117. The van der Waals surface area contributed by atoms with Crippen LogP contribution in [-0.4, -0.2) is 73.6 Å². The highest BCUT2D eigenvalue weighted by Gasteiger charge is 2.12. The molecule has 1 amide bonds. The summed E-state index contributed by atoms with van der Waals surface area (Å²) in [5.74, 6) is 0.548. The monoisotopic (exact) mass is 355 g/mol. The number of halogens is 1. The molecule has 0 radical (unpaired) electrons. The molecule has 1 aliphatic heterocycles. The van der Waals surface area contributed by atoms with E-state index in [9.17, 15) is 4.79 Å². The Morgan fingerprint density at radius 2 is 2.24 bits per heavy atom. The lowest BCUT2D eigenvalue weighted by Gasteiger charge is -2.28. The van der Waals surface area contributed by atoms with Crippen LogP contribution in [0.1, 0.15) is 0 Å². The largest absolute Gasteiger partial charge is 0.314 e. The van der Waals surface area contributed by atoms with Crippen molar-refractivity contribution in [1.29, 1.82) is 0 Å². The van der Waals surface area contributed by atoms with Crippen molar-refractivity contribution in [2.45, 2.75) is 0 Å². The van der Waals surface area contributed by atoms with Crippen LogP contribution in [0.5, 0.6) is 0 Å². The zero-order chi connectivity index (χ0) is 15.1. The maximum absolute atomic E-state index is 11.9. The summed E-state index contributed by atoms with van der Waals surface area (Å²) in [4.78, 5) is 20.5. The van der Waals surface area contributed by atoms with Gasteiger partial charge >= 0.3 is 0 Å². The van der Waals surface area contributed by atoms with Gasteiger partial charge in [-0.15, -0.1) is 0 Å². The van der Waals surface area contributed by atoms with E-state index < -0.39 is 0 Å². The van der Waals surface area contributed by atoms with E-state index in [1.165, 1.54) is 0 Å². The SMILES string of the molecule is CN(CCN1CCNCC1)CC(=O)Nc1ccc(Br)cn1. The molecule has 7 heteroatoms. The van der Waals surface area contributed by atoms with Crippen molar-refractivity contribution >= 4 is 27.7 Å². The predicted octanol–water partition coefficient (Wildman–Crippen LogP) is 0.620. The van der Waals surface area contributed by atoms with Gasteiger partial charge in [-0.2, -0.15) is 0 Å². The number of likely N-dealkylation sites (N-methyl/N-ethyl adjacent to an activating group) is 1. The highest BCUT2D eigenvalue weighted by atomic mass is 79.9. The number of aromatic nitrogens is 1. The fourth-order valence-electron chi connectivity index (χ4n) is 2.20. The normalized spacial score (nSPS) is 16.1. The van der Waals surface area contributed by atoms with Crippen molar-refractivity contribution in [3.8, 4) is 0 Å². The third kappa shape index (κ3) is 6.09. The fraction of sp³-hybridized carbons (Fsp3) is 0.571. The molecule has 0 atom stereocenters. The van der Waals surface area contributed by atoms with E-state index in [0.717, 1.165) is 43.7 Å². The molecule has 0 unspecified atom stereocenters. The molecule has 1 fully saturated rings. The molecule has 0 aliphatic carbocycles. The number of rotatable bonds is 6. The number of carbonyl (C=O) groups is 1. The highest BCUT2D eigenvalue weighted by Crippen LogP contribution is 2.10. The van der Waals surface area contributed by atoms with Crippen LogP contribution in [0.3, 0.4) is 0 Å². The van der Waals surface area contributed by atoms with Gasteiger partial charge in [-0.25, -0.2) is 4.98 Å².